The average molecular weight is 452 g/mol. The lowest BCUT2D eigenvalue weighted by atomic mass is 9.99. The number of hydrogen-bond donors (Lipinski definition) is 1. The van der Waals surface area contributed by atoms with E-state index in [9.17, 15) is 14.4 Å². The summed E-state index contributed by atoms with van der Waals surface area (Å²) in [5.74, 6) is -0.551. The molecule has 2 aliphatic rings. The second-order valence-electron chi connectivity index (χ2n) is 8.36. The van der Waals surface area contributed by atoms with Gasteiger partial charge in [-0.3, -0.25) is 14.4 Å². The molecule has 1 atom stereocenters. The fourth-order valence-electron chi connectivity index (χ4n) is 4.12. The molecule has 32 heavy (non-hydrogen) atoms. The lowest BCUT2D eigenvalue weighted by molar-refractivity contribution is -0.120. The molecule has 1 saturated heterocycles. The summed E-state index contributed by atoms with van der Waals surface area (Å²) < 4.78 is 0. The highest BCUT2D eigenvalue weighted by Crippen LogP contribution is 2.30. The Bertz CT molecular complexity index is 1080. The van der Waals surface area contributed by atoms with Crippen molar-refractivity contribution in [3.63, 3.8) is 0 Å². The second kappa shape index (κ2) is 9.17. The molecule has 6 nitrogen and oxygen atoms in total. The van der Waals surface area contributed by atoms with Gasteiger partial charge < -0.3 is 10.2 Å². The summed E-state index contributed by atoms with van der Waals surface area (Å²) in [6.07, 6.45) is 3.03. The van der Waals surface area contributed by atoms with Crippen molar-refractivity contribution in [2.75, 3.05) is 23.3 Å². The molecule has 0 spiro atoms. The first-order valence-corrected chi connectivity index (χ1v) is 11.3. The summed E-state index contributed by atoms with van der Waals surface area (Å²) in [7, 11) is 0. The van der Waals surface area contributed by atoms with Gasteiger partial charge in [-0.1, -0.05) is 37.6 Å². The number of likely N-dealkylation sites (tertiary alicyclic amines) is 1. The van der Waals surface area contributed by atoms with E-state index in [0.717, 1.165) is 42.8 Å². The summed E-state index contributed by atoms with van der Waals surface area (Å²) in [5, 5.41) is 2.80. The maximum Gasteiger partial charge on any atom is 0.283 e. The van der Waals surface area contributed by atoms with E-state index in [-0.39, 0.29) is 16.6 Å². The number of aryl methyl sites for hydroxylation is 1. The van der Waals surface area contributed by atoms with Gasteiger partial charge in [-0.2, -0.15) is 0 Å². The van der Waals surface area contributed by atoms with Crippen LogP contribution in [0.5, 0.6) is 0 Å². The average Bonchev–Trinajstić information content (AvgIpc) is 3.02. The van der Waals surface area contributed by atoms with Crippen molar-refractivity contribution in [1.29, 1.82) is 0 Å². The van der Waals surface area contributed by atoms with E-state index in [1.165, 1.54) is 0 Å². The Kier molecular flexibility index (Phi) is 6.33. The van der Waals surface area contributed by atoms with Crippen molar-refractivity contribution >= 4 is 40.7 Å². The number of amides is 3. The number of hydrogen-bond acceptors (Lipinski definition) is 4. The Morgan fingerprint density at radius 3 is 2.38 bits per heavy atom. The first kappa shape index (κ1) is 22.1. The maximum atomic E-state index is 12.9. The number of anilines is 2. The molecule has 2 heterocycles. The molecule has 4 rings (SSSR count). The minimum atomic E-state index is -0.561. The van der Waals surface area contributed by atoms with Gasteiger partial charge in [0.15, 0.2) is 0 Å². The van der Waals surface area contributed by atoms with E-state index in [4.69, 9.17) is 11.6 Å². The van der Waals surface area contributed by atoms with Crippen molar-refractivity contribution in [1.82, 2.24) is 4.90 Å². The summed E-state index contributed by atoms with van der Waals surface area (Å²) in [5.41, 5.74) is 2.78. The van der Waals surface area contributed by atoms with Crippen LogP contribution in [-0.4, -0.2) is 35.7 Å². The van der Waals surface area contributed by atoms with Gasteiger partial charge in [-0.25, -0.2) is 4.90 Å². The molecular formula is C25H26ClN3O3. The number of carbonyl (C=O) groups is 3. The van der Waals surface area contributed by atoms with Gasteiger partial charge in [-0.05, 0) is 67.1 Å². The lowest BCUT2D eigenvalue weighted by Crippen LogP contribution is -2.39. The van der Waals surface area contributed by atoms with Gasteiger partial charge in [0.2, 0.25) is 0 Å². The van der Waals surface area contributed by atoms with Crippen LogP contribution in [0.1, 0.15) is 42.6 Å². The second-order valence-corrected chi connectivity index (χ2v) is 8.73. The van der Waals surface area contributed by atoms with E-state index in [0.29, 0.717) is 22.9 Å². The van der Waals surface area contributed by atoms with E-state index >= 15 is 0 Å². The van der Waals surface area contributed by atoms with Crippen LogP contribution >= 0.6 is 11.6 Å². The smallest absolute Gasteiger partial charge is 0.283 e. The summed E-state index contributed by atoms with van der Waals surface area (Å²) >= 11 is 6.22. The number of halogens is 1. The quantitative estimate of drug-likeness (QED) is 0.677. The Balaban J connectivity index is 1.48. The van der Waals surface area contributed by atoms with Crippen molar-refractivity contribution < 1.29 is 14.4 Å². The van der Waals surface area contributed by atoms with Crippen molar-refractivity contribution in [2.45, 2.75) is 33.1 Å². The van der Waals surface area contributed by atoms with Crippen LogP contribution in [0.25, 0.3) is 0 Å². The highest BCUT2D eigenvalue weighted by Gasteiger charge is 2.39. The third-order valence-corrected chi connectivity index (χ3v) is 6.33. The Hall–Kier alpha value is -3.12. The van der Waals surface area contributed by atoms with Crippen LogP contribution in [0.4, 0.5) is 11.4 Å². The van der Waals surface area contributed by atoms with Crippen LogP contribution in [0.2, 0.25) is 0 Å². The normalized spacial score (nSPS) is 19.0. The standard InChI is InChI=1S/C25H26ClN3O3/c1-3-17-6-12-20(13-7-17)29-24(31)21(26)22(25(29)32)27-19-10-8-18(9-11-19)23(30)28-14-4-5-16(2)15-28/h6-13,16,27H,3-5,14-15H2,1-2H3. The van der Waals surface area contributed by atoms with Gasteiger partial charge in [0.1, 0.15) is 10.7 Å². The van der Waals surface area contributed by atoms with Crippen LogP contribution < -0.4 is 10.2 Å². The van der Waals surface area contributed by atoms with Crippen molar-refractivity contribution in [3.05, 3.63) is 70.4 Å². The number of nitrogens with one attached hydrogen (secondary N) is 1. The molecule has 7 heteroatoms. The molecule has 0 saturated carbocycles. The molecule has 2 aromatic carbocycles. The Morgan fingerprint density at radius 2 is 1.75 bits per heavy atom. The molecule has 0 aliphatic carbocycles. The number of imide groups is 1. The summed E-state index contributed by atoms with van der Waals surface area (Å²) in [6, 6.07) is 14.1. The summed E-state index contributed by atoms with van der Waals surface area (Å²) in [6.45, 7) is 5.74. The number of carbonyl (C=O) groups excluding carboxylic acids is 3. The molecule has 0 aromatic heterocycles. The molecule has 0 radical (unpaired) electrons. The Morgan fingerprint density at radius 1 is 1.06 bits per heavy atom. The molecular weight excluding hydrogens is 426 g/mol. The molecule has 2 aromatic rings. The van der Waals surface area contributed by atoms with Gasteiger partial charge in [-0.15, -0.1) is 0 Å². The first-order chi connectivity index (χ1) is 15.4. The molecule has 1 N–H and O–H groups in total. The third-order valence-electron chi connectivity index (χ3n) is 5.98. The Labute approximate surface area is 192 Å². The van der Waals surface area contributed by atoms with E-state index in [1.807, 2.05) is 24.0 Å². The number of nitrogens with zero attached hydrogens (tertiary/aromatic N) is 2. The van der Waals surface area contributed by atoms with Gasteiger partial charge in [0, 0.05) is 24.3 Å². The van der Waals surface area contributed by atoms with E-state index in [1.54, 1.807) is 36.4 Å². The fourth-order valence-corrected chi connectivity index (χ4v) is 4.34. The predicted octanol–water partition coefficient (Wildman–Crippen LogP) is 4.56. The van der Waals surface area contributed by atoms with Crippen LogP contribution in [-0.2, 0) is 16.0 Å². The largest absolute Gasteiger partial charge is 0.350 e. The van der Waals surface area contributed by atoms with Gasteiger partial charge in [0.05, 0.1) is 5.69 Å². The zero-order valence-electron chi connectivity index (χ0n) is 18.2. The first-order valence-electron chi connectivity index (χ1n) is 10.9. The topological polar surface area (TPSA) is 69.7 Å². The zero-order valence-corrected chi connectivity index (χ0v) is 19.0. The van der Waals surface area contributed by atoms with Crippen LogP contribution in [0.3, 0.4) is 0 Å². The molecule has 1 fully saturated rings. The number of piperidine rings is 1. The van der Waals surface area contributed by atoms with E-state index in [2.05, 4.69) is 12.2 Å². The van der Waals surface area contributed by atoms with Crippen LogP contribution in [0, 0.1) is 5.92 Å². The van der Waals surface area contributed by atoms with Crippen LogP contribution in [0.15, 0.2) is 59.3 Å². The summed E-state index contributed by atoms with van der Waals surface area (Å²) in [4.78, 5) is 41.3. The highest BCUT2D eigenvalue weighted by molar-refractivity contribution is 6.53. The molecule has 2 aliphatic heterocycles. The zero-order chi connectivity index (χ0) is 22.8. The molecule has 3 amide bonds. The predicted molar refractivity (Wildman–Crippen MR) is 126 cm³/mol. The molecule has 1 unspecified atom stereocenters. The lowest BCUT2D eigenvalue weighted by Gasteiger charge is -2.31. The van der Waals surface area contributed by atoms with Crippen molar-refractivity contribution in [3.8, 4) is 0 Å². The number of rotatable bonds is 5. The molecule has 166 valence electrons. The maximum absolute atomic E-state index is 12.9. The monoisotopic (exact) mass is 451 g/mol. The fraction of sp³-hybridized carbons (Fsp3) is 0.320. The molecule has 0 bridgehead atoms. The highest BCUT2D eigenvalue weighted by atomic mass is 35.5. The van der Waals surface area contributed by atoms with Crippen molar-refractivity contribution in [2.24, 2.45) is 5.92 Å². The third kappa shape index (κ3) is 4.28. The number of benzene rings is 2. The van der Waals surface area contributed by atoms with Gasteiger partial charge >= 0.3 is 0 Å². The SMILES string of the molecule is CCc1ccc(N2C(=O)C(Cl)=C(Nc3ccc(C(=O)N4CCCC(C)C4)cc3)C2=O)cc1. The minimum absolute atomic E-state index is 0.00849. The van der Waals surface area contributed by atoms with E-state index < -0.39 is 11.8 Å². The minimum Gasteiger partial charge on any atom is -0.350 e. The van der Waals surface area contributed by atoms with Gasteiger partial charge in [0.25, 0.3) is 17.7 Å².